The van der Waals surface area contributed by atoms with Crippen LogP contribution in [-0.4, -0.2) is 55.7 Å². The minimum Gasteiger partial charge on any atom is -0.497 e. The topological polar surface area (TPSA) is 110 Å². The highest BCUT2D eigenvalue weighted by Crippen LogP contribution is 2.29. The molecule has 2 aromatic carbocycles. The Hall–Kier alpha value is -2.98. The van der Waals surface area contributed by atoms with Gasteiger partial charge in [0.2, 0.25) is 15.9 Å². The van der Waals surface area contributed by atoms with E-state index in [9.17, 15) is 23.3 Å². The summed E-state index contributed by atoms with van der Waals surface area (Å²) in [6.45, 7) is 2.24. The number of ether oxygens (including phenoxy) is 1. The molecular formula is C22H27N3O6S. The zero-order valence-electron chi connectivity index (χ0n) is 18.3. The average Bonchev–Trinajstić information content (AvgIpc) is 2.82. The van der Waals surface area contributed by atoms with Crippen molar-refractivity contribution in [2.75, 3.05) is 27.2 Å². The highest BCUT2D eigenvalue weighted by molar-refractivity contribution is 7.89. The van der Waals surface area contributed by atoms with Gasteiger partial charge in [-0.3, -0.25) is 14.9 Å². The summed E-state index contributed by atoms with van der Waals surface area (Å²) in [5, 5.41) is 11.1. The number of sulfonamides is 1. The Labute approximate surface area is 187 Å². The molecule has 2 aromatic rings. The van der Waals surface area contributed by atoms with E-state index in [1.165, 1.54) is 40.6 Å². The lowest BCUT2D eigenvalue weighted by Crippen LogP contribution is -2.46. The number of hydrogen-bond acceptors (Lipinski definition) is 6. The molecule has 10 heteroatoms. The summed E-state index contributed by atoms with van der Waals surface area (Å²) in [6, 6.07) is 12.0. The largest absolute Gasteiger partial charge is 0.497 e. The maximum Gasteiger partial charge on any atom is 0.269 e. The van der Waals surface area contributed by atoms with Crippen molar-refractivity contribution < 1.29 is 22.9 Å². The number of hydrogen-bond donors (Lipinski definition) is 0. The summed E-state index contributed by atoms with van der Waals surface area (Å²) in [4.78, 5) is 25.5. The maximum absolute atomic E-state index is 13.2. The third-order valence-electron chi connectivity index (χ3n) is 5.92. The fourth-order valence-corrected chi connectivity index (χ4v) is 5.38. The molecule has 0 aliphatic carbocycles. The third kappa shape index (κ3) is 4.91. The van der Waals surface area contributed by atoms with Gasteiger partial charge in [0.05, 0.1) is 28.9 Å². The first kappa shape index (κ1) is 23.7. The van der Waals surface area contributed by atoms with Gasteiger partial charge < -0.3 is 9.64 Å². The van der Waals surface area contributed by atoms with Crippen LogP contribution in [0, 0.1) is 16.0 Å². The molecule has 1 aliphatic heterocycles. The van der Waals surface area contributed by atoms with Crippen LogP contribution in [0.1, 0.15) is 31.4 Å². The first-order valence-corrected chi connectivity index (χ1v) is 11.7. The van der Waals surface area contributed by atoms with Crippen molar-refractivity contribution in [2.45, 2.75) is 30.7 Å². The Morgan fingerprint density at radius 2 is 1.94 bits per heavy atom. The van der Waals surface area contributed by atoms with Crippen molar-refractivity contribution in [3.63, 3.8) is 0 Å². The van der Waals surface area contributed by atoms with Crippen molar-refractivity contribution in [1.29, 1.82) is 0 Å². The lowest BCUT2D eigenvalue weighted by Gasteiger charge is -2.35. The van der Waals surface area contributed by atoms with Gasteiger partial charge in [0.15, 0.2) is 0 Å². The van der Waals surface area contributed by atoms with Gasteiger partial charge in [-0.25, -0.2) is 8.42 Å². The van der Waals surface area contributed by atoms with Crippen LogP contribution in [0.5, 0.6) is 5.75 Å². The second-order valence-electron chi connectivity index (χ2n) is 7.85. The number of carbonyl (C=O) groups is 1. The van der Waals surface area contributed by atoms with Gasteiger partial charge in [0, 0.05) is 32.3 Å². The minimum absolute atomic E-state index is 0.0374. The van der Waals surface area contributed by atoms with Crippen molar-refractivity contribution in [1.82, 2.24) is 9.21 Å². The zero-order valence-corrected chi connectivity index (χ0v) is 19.1. The summed E-state index contributed by atoms with van der Waals surface area (Å²) in [5.74, 6) is -0.103. The summed E-state index contributed by atoms with van der Waals surface area (Å²) in [5.41, 5.74) is 0.609. The zero-order chi connectivity index (χ0) is 23.5. The van der Waals surface area contributed by atoms with Crippen molar-refractivity contribution >= 4 is 21.6 Å². The van der Waals surface area contributed by atoms with Gasteiger partial charge in [-0.2, -0.15) is 4.31 Å². The standard InChI is InChI=1S/C22H27N3O6S/c1-16(17-6-4-8-19(14-17)25(27)28)23(2)22(26)18-7-5-13-24(15-18)32(29,30)21-11-9-20(31-3)10-12-21/h4,6,8-12,14,16,18H,5,7,13,15H2,1-3H3. The molecule has 172 valence electrons. The molecule has 32 heavy (non-hydrogen) atoms. The number of carbonyl (C=O) groups excluding carboxylic acids is 1. The number of nitro benzene ring substituents is 1. The van der Waals surface area contributed by atoms with Crippen LogP contribution >= 0.6 is 0 Å². The van der Waals surface area contributed by atoms with E-state index in [1.807, 2.05) is 0 Å². The number of non-ortho nitro benzene ring substituents is 1. The molecule has 0 saturated carbocycles. The van der Waals surface area contributed by atoms with Gasteiger partial charge in [-0.05, 0) is 49.6 Å². The van der Waals surface area contributed by atoms with Crippen LogP contribution in [0.4, 0.5) is 5.69 Å². The Morgan fingerprint density at radius 3 is 2.56 bits per heavy atom. The molecule has 1 heterocycles. The molecule has 1 amide bonds. The van der Waals surface area contributed by atoms with Crippen LogP contribution in [0.25, 0.3) is 0 Å². The number of methoxy groups -OCH3 is 1. The van der Waals surface area contributed by atoms with Gasteiger partial charge in [-0.1, -0.05) is 12.1 Å². The number of nitrogens with zero attached hydrogens (tertiary/aromatic N) is 3. The molecule has 2 atom stereocenters. The normalized spacial score (nSPS) is 18.0. The summed E-state index contributed by atoms with van der Waals surface area (Å²) in [6.07, 6.45) is 1.16. The average molecular weight is 462 g/mol. The Balaban J connectivity index is 1.74. The fourth-order valence-electron chi connectivity index (χ4n) is 3.86. The quantitative estimate of drug-likeness (QED) is 0.462. The molecule has 1 saturated heterocycles. The number of rotatable bonds is 7. The van der Waals surface area contributed by atoms with Crippen molar-refractivity contribution in [3.05, 3.63) is 64.2 Å². The molecule has 0 aromatic heterocycles. The Morgan fingerprint density at radius 1 is 1.25 bits per heavy atom. The second kappa shape index (κ2) is 9.66. The molecule has 1 fully saturated rings. The van der Waals surface area contributed by atoms with E-state index in [1.54, 1.807) is 38.2 Å². The SMILES string of the molecule is COc1ccc(S(=O)(=O)N2CCCC(C(=O)N(C)C(C)c3cccc([N+](=O)[O-])c3)C2)cc1. The summed E-state index contributed by atoms with van der Waals surface area (Å²) >= 11 is 0. The molecule has 3 rings (SSSR count). The predicted octanol–water partition coefficient (Wildman–Crippen LogP) is 3.22. The molecule has 9 nitrogen and oxygen atoms in total. The smallest absolute Gasteiger partial charge is 0.269 e. The van der Waals surface area contributed by atoms with E-state index < -0.39 is 26.9 Å². The fraction of sp³-hybridized carbons (Fsp3) is 0.409. The number of benzene rings is 2. The number of piperidine rings is 1. The van der Waals surface area contributed by atoms with Gasteiger partial charge >= 0.3 is 0 Å². The van der Waals surface area contributed by atoms with Crippen molar-refractivity contribution in [2.24, 2.45) is 5.92 Å². The van der Waals surface area contributed by atoms with E-state index in [4.69, 9.17) is 4.74 Å². The van der Waals surface area contributed by atoms with Gasteiger partial charge in [0.1, 0.15) is 5.75 Å². The summed E-state index contributed by atoms with van der Waals surface area (Å²) < 4.78 is 32.6. The second-order valence-corrected chi connectivity index (χ2v) is 9.79. The van der Waals surface area contributed by atoms with E-state index in [-0.39, 0.29) is 23.0 Å². The van der Waals surface area contributed by atoms with Crippen LogP contribution in [-0.2, 0) is 14.8 Å². The molecule has 0 bridgehead atoms. The minimum atomic E-state index is -3.73. The molecule has 0 spiro atoms. The highest BCUT2D eigenvalue weighted by Gasteiger charge is 2.35. The van der Waals surface area contributed by atoms with Gasteiger partial charge in [0.25, 0.3) is 5.69 Å². The molecule has 1 aliphatic rings. The Kier molecular flexibility index (Phi) is 7.15. The molecule has 2 unspecified atom stereocenters. The van der Waals surface area contributed by atoms with E-state index in [0.717, 1.165) is 0 Å². The molecule has 0 radical (unpaired) electrons. The number of nitro groups is 1. The highest BCUT2D eigenvalue weighted by atomic mass is 32.2. The van der Waals surface area contributed by atoms with Crippen molar-refractivity contribution in [3.8, 4) is 5.75 Å². The predicted molar refractivity (Wildman–Crippen MR) is 119 cm³/mol. The van der Waals surface area contributed by atoms with Crippen LogP contribution in [0.15, 0.2) is 53.4 Å². The van der Waals surface area contributed by atoms with Crippen LogP contribution < -0.4 is 4.74 Å². The number of amides is 1. The third-order valence-corrected chi connectivity index (χ3v) is 7.80. The van der Waals surface area contributed by atoms with E-state index in [2.05, 4.69) is 0 Å². The first-order valence-electron chi connectivity index (χ1n) is 10.3. The van der Waals surface area contributed by atoms with E-state index in [0.29, 0.717) is 30.7 Å². The maximum atomic E-state index is 13.2. The van der Waals surface area contributed by atoms with E-state index >= 15 is 0 Å². The molecule has 0 N–H and O–H groups in total. The lowest BCUT2D eigenvalue weighted by atomic mass is 9.96. The first-order chi connectivity index (χ1) is 15.1. The summed E-state index contributed by atoms with van der Waals surface area (Å²) in [7, 11) is -0.584. The lowest BCUT2D eigenvalue weighted by molar-refractivity contribution is -0.384. The molecular weight excluding hydrogens is 434 g/mol. The van der Waals surface area contributed by atoms with Crippen LogP contribution in [0.3, 0.4) is 0 Å². The van der Waals surface area contributed by atoms with Crippen LogP contribution in [0.2, 0.25) is 0 Å². The Bertz CT molecular complexity index is 1090. The monoisotopic (exact) mass is 461 g/mol. The van der Waals surface area contributed by atoms with Gasteiger partial charge in [-0.15, -0.1) is 0 Å².